The summed E-state index contributed by atoms with van der Waals surface area (Å²) in [6, 6.07) is 15.8. The van der Waals surface area contributed by atoms with Crippen molar-refractivity contribution in [3.8, 4) is 5.75 Å². The van der Waals surface area contributed by atoms with Crippen LogP contribution in [0.15, 0.2) is 59.5 Å². The third-order valence-corrected chi connectivity index (χ3v) is 7.11. The Labute approximate surface area is 194 Å². The summed E-state index contributed by atoms with van der Waals surface area (Å²) in [6.07, 6.45) is 0. The van der Waals surface area contributed by atoms with E-state index < -0.39 is 10.0 Å². The minimum Gasteiger partial charge on any atom is -0.495 e. The average molecular weight is 482 g/mol. The molecule has 0 bridgehead atoms. The summed E-state index contributed by atoms with van der Waals surface area (Å²) in [7, 11) is -0.123. The number of ether oxygens (including phenoxy) is 1. The van der Waals surface area contributed by atoms with Gasteiger partial charge in [0.1, 0.15) is 5.75 Å². The molecule has 31 heavy (non-hydrogen) atoms. The van der Waals surface area contributed by atoms with E-state index in [2.05, 4.69) is 21.6 Å². The molecular formula is C22H25Cl2N3O3S. The van der Waals surface area contributed by atoms with Crippen LogP contribution in [0.3, 0.4) is 0 Å². The number of anilines is 2. The Morgan fingerprint density at radius 1 is 0.968 bits per heavy atom. The average Bonchev–Trinajstić information content (AvgIpc) is 2.76. The Bertz CT molecular complexity index is 1180. The molecule has 0 aromatic heterocycles. The van der Waals surface area contributed by atoms with Gasteiger partial charge in [-0.1, -0.05) is 35.9 Å². The summed E-state index contributed by atoms with van der Waals surface area (Å²) in [4.78, 5) is 4.60. The van der Waals surface area contributed by atoms with Crippen molar-refractivity contribution in [3.63, 3.8) is 0 Å². The number of fused-ring (bicyclic) bond motifs is 1. The maximum Gasteiger partial charge on any atom is 0.261 e. The van der Waals surface area contributed by atoms with Gasteiger partial charge in [-0.15, -0.1) is 12.4 Å². The highest BCUT2D eigenvalue weighted by Gasteiger charge is 2.22. The lowest BCUT2D eigenvalue weighted by Crippen LogP contribution is -2.44. The van der Waals surface area contributed by atoms with Gasteiger partial charge in [-0.2, -0.15) is 0 Å². The second-order valence-corrected chi connectivity index (χ2v) is 9.46. The van der Waals surface area contributed by atoms with E-state index >= 15 is 0 Å². The SMILES string of the molecule is COc1ccc(S(=O)(=O)Nc2ccc(Cl)c3ccccc23)cc1N1CCN(C)CC1.Cl. The van der Waals surface area contributed by atoms with Crippen LogP contribution in [0.4, 0.5) is 11.4 Å². The van der Waals surface area contributed by atoms with Gasteiger partial charge in [-0.05, 0) is 37.4 Å². The summed E-state index contributed by atoms with van der Waals surface area (Å²) in [5.41, 5.74) is 1.28. The predicted molar refractivity (Wildman–Crippen MR) is 130 cm³/mol. The maximum absolute atomic E-state index is 13.2. The third kappa shape index (κ3) is 4.85. The predicted octanol–water partition coefficient (Wildman–Crippen LogP) is 4.48. The molecule has 0 radical (unpaired) electrons. The van der Waals surface area contributed by atoms with Crippen LogP contribution in [-0.4, -0.2) is 53.7 Å². The molecule has 0 aliphatic carbocycles. The van der Waals surface area contributed by atoms with Crippen LogP contribution >= 0.6 is 24.0 Å². The fourth-order valence-corrected chi connectivity index (χ4v) is 5.01. The number of hydrogen-bond donors (Lipinski definition) is 1. The van der Waals surface area contributed by atoms with Gasteiger partial charge in [0.2, 0.25) is 0 Å². The first-order chi connectivity index (χ1) is 14.4. The zero-order chi connectivity index (χ0) is 21.3. The van der Waals surface area contributed by atoms with Gasteiger partial charge in [0.25, 0.3) is 10.0 Å². The minimum atomic E-state index is -3.80. The van der Waals surface area contributed by atoms with Crippen molar-refractivity contribution in [2.24, 2.45) is 0 Å². The molecule has 0 spiro atoms. The van der Waals surface area contributed by atoms with E-state index in [-0.39, 0.29) is 17.3 Å². The number of rotatable bonds is 5. The van der Waals surface area contributed by atoms with E-state index in [1.807, 2.05) is 24.3 Å². The normalized spacial score (nSPS) is 14.9. The van der Waals surface area contributed by atoms with Crippen LogP contribution in [0.2, 0.25) is 5.02 Å². The number of likely N-dealkylation sites (N-methyl/N-ethyl adjacent to an activating group) is 1. The molecule has 1 saturated heterocycles. The van der Waals surface area contributed by atoms with Crippen LogP contribution < -0.4 is 14.4 Å². The summed E-state index contributed by atoms with van der Waals surface area (Å²) in [6.45, 7) is 3.45. The molecule has 166 valence electrons. The molecule has 1 aliphatic rings. The molecule has 9 heteroatoms. The van der Waals surface area contributed by atoms with Crippen LogP contribution in [0.25, 0.3) is 10.8 Å². The molecule has 0 atom stereocenters. The lowest BCUT2D eigenvalue weighted by molar-refractivity contribution is 0.311. The summed E-state index contributed by atoms with van der Waals surface area (Å²) in [5.74, 6) is 0.662. The summed E-state index contributed by atoms with van der Waals surface area (Å²) in [5, 5.41) is 2.13. The highest BCUT2D eigenvalue weighted by atomic mass is 35.5. The van der Waals surface area contributed by atoms with Crippen LogP contribution in [0.5, 0.6) is 5.75 Å². The van der Waals surface area contributed by atoms with Crippen molar-refractivity contribution in [1.82, 2.24) is 4.90 Å². The van der Waals surface area contributed by atoms with Gasteiger partial charge >= 0.3 is 0 Å². The number of methoxy groups -OCH3 is 1. The van der Waals surface area contributed by atoms with Crippen molar-refractivity contribution in [1.29, 1.82) is 0 Å². The van der Waals surface area contributed by atoms with Crippen molar-refractivity contribution in [2.45, 2.75) is 4.90 Å². The van der Waals surface area contributed by atoms with Crippen molar-refractivity contribution < 1.29 is 13.2 Å². The Kier molecular flexibility index (Phi) is 7.21. The Hall–Kier alpha value is -2.19. The van der Waals surface area contributed by atoms with Gasteiger partial charge in [0.05, 0.1) is 23.4 Å². The molecule has 1 heterocycles. The second kappa shape index (κ2) is 9.53. The zero-order valence-corrected chi connectivity index (χ0v) is 19.7. The number of nitrogens with zero attached hydrogens (tertiary/aromatic N) is 2. The van der Waals surface area contributed by atoms with E-state index in [4.69, 9.17) is 16.3 Å². The van der Waals surface area contributed by atoms with E-state index in [0.29, 0.717) is 16.5 Å². The molecule has 0 saturated carbocycles. The lowest BCUT2D eigenvalue weighted by atomic mass is 10.1. The number of piperazine rings is 1. The Balaban J connectivity index is 0.00000272. The standard InChI is InChI=1S/C22H24ClN3O3S.ClH/c1-25-11-13-26(14-12-25)21-15-16(7-10-22(21)29-2)30(27,28)24-20-9-8-19(23)17-5-3-4-6-18(17)20;/h3-10,15,24H,11-14H2,1-2H3;1H. The monoisotopic (exact) mass is 481 g/mol. The van der Waals surface area contributed by atoms with E-state index in [9.17, 15) is 8.42 Å². The first-order valence-corrected chi connectivity index (χ1v) is 11.6. The van der Waals surface area contributed by atoms with Crippen molar-refractivity contribution >= 4 is 56.2 Å². The Morgan fingerprint density at radius 2 is 1.65 bits per heavy atom. The molecule has 0 amide bonds. The van der Waals surface area contributed by atoms with Crippen molar-refractivity contribution in [3.05, 3.63) is 59.6 Å². The molecule has 4 rings (SSSR count). The highest BCUT2D eigenvalue weighted by molar-refractivity contribution is 7.92. The largest absolute Gasteiger partial charge is 0.495 e. The molecule has 1 aliphatic heterocycles. The molecule has 1 fully saturated rings. The minimum absolute atomic E-state index is 0. The summed E-state index contributed by atoms with van der Waals surface area (Å²) >= 11 is 6.27. The third-order valence-electron chi connectivity index (χ3n) is 5.42. The van der Waals surface area contributed by atoms with Gasteiger partial charge in [0.15, 0.2) is 0 Å². The molecule has 6 nitrogen and oxygen atoms in total. The number of nitrogens with one attached hydrogen (secondary N) is 1. The lowest BCUT2D eigenvalue weighted by Gasteiger charge is -2.34. The highest BCUT2D eigenvalue weighted by Crippen LogP contribution is 2.34. The van der Waals surface area contributed by atoms with E-state index in [0.717, 1.165) is 42.6 Å². The fraction of sp³-hybridized carbons (Fsp3) is 0.273. The topological polar surface area (TPSA) is 61.9 Å². The first-order valence-electron chi connectivity index (χ1n) is 9.70. The quantitative estimate of drug-likeness (QED) is 0.581. The van der Waals surface area contributed by atoms with E-state index in [1.165, 1.54) is 0 Å². The number of benzene rings is 3. The molecule has 0 unspecified atom stereocenters. The van der Waals surface area contributed by atoms with Gasteiger partial charge < -0.3 is 14.5 Å². The summed E-state index contributed by atoms with van der Waals surface area (Å²) < 4.78 is 34.6. The molecular weight excluding hydrogens is 457 g/mol. The van der Waals surface area contributed by atoms with Crippen LogP contribution in [-0.2, 0) is 10.0 Å². The number of hydrogen-bond acceptors (Lipinski definition) is 5. The van der Waals surface area contributed by atoms with Crippen LogP contribution in [0, 0.1) is 0 Å². The maximum atomic E-state index is 13.2. The second-order valence-electron chi connectivity index (χ2n) is 7.37. The molecule has 3 aromatic carbocycles. The Morgan fingerprint density at radius 3 is 2.32 bits per heavy atom. The van der Waals surface area contributed by atoms with Crippen LogP contribution in [0.1, 0.15) is 0 Å². The molecule has 1 N–H and O–H groups in total. The van der Waals surface area contributed by atoms with Crippen molar-refractivity contribution in [2.75, 3.05) is 50.0 Å². The number of sulfonamides is 1. The van der Waals surface area contributed by atoms with Gasteiger partial charge in [-0.25, -0.2) is 8.42 Å². The zero-order valence-electron chi connectivity index (χ0n) is 17.3. The van der Waals surface area contributed by atoms with Gasteiger partial charge in [-0.3, -0.25) is 4.72 Å². The van der Waals surface area contributed by atoms with E-state index in [1.54, 1.807) is 37.4 Å². The fourth-order valence-electron chi connectivity index (χ4n) is 3.69. The van der Waals surface area contributed by atoms with Gasteiger partial charge in [0, 0.05) is 42.0 Å². The smallest absolute Gasteiger partial charge is 0.261 e. The molecule has 3 aromatic rings. The first kappa shape index (κ1) is 23.5. The number of halogens is 2.